The van der Waals surface area contributed by atoms with Crippen molar-refractivity contribution in [2.24, 2.45) is 0 Å². The molecular formula is C14H17ClN4O. The number of hydrogen-bond acceptors (Lipinski definition) is 3. The highest BCUT2D eigenvalue weighted by atomic mass is 35.5. The number of rotatable bonds is 5. The molecule has 106 valence electrons. The number of amides is 1. The Balaban J connectivity index is 1.65. The van der Waals surface area contributed by atoms with Gasteiger partial charge in [-0.1, -0.05) is 11.6 Å². The Bertz CT molecular complexity index is 648. The summed E-state index contributed by atoms with van der Waals surface area (Å²) in [6.45, 7) is 0.667. The van der Waals surface area contributed by atoms with E-state index in [2.05, 4.69) is 10.3 Å². The van der Waals surface area contributed by atoms with Crippen LogP contribution in [0.1, 0.15) is 25.7 Å². The van der Waals surface area contributed by atoms with Crippen molar-refractivity contribution in [3.05, 3.63) is 23.2 Å². The van der Waals surface area contributed by atoms with Crippen LogP contribution in [0.5, 0.6) is 0 Å². The van der Waals surface area contributed by atoms with Crippen molar-refractivity contribution in [2.75, 3.05) is 5.73 Å². The van der Waals surface area contributed by atoms with E-state index in [1.807, 2.05) is 16.7 Å². The summed E-state index contributed by atoms with van der Waals surface area (Å²) in [6, 6.07) is 5.92. The van der Waals surface area contributed by atoms with Crippen LogP contribution in [0.3, 0.4) is 0 Å². The highest BCUT2D eigenvalue weighted by Crippen LogP contribution is 2.22. The Morgan fingerprint density at radius 3 is 3.05 bits per heavy atom. The second-order valence-electron chi connectivity index (χ2n) is 5.20. The van der Waals surface area contributed by atoms with Crippen molar-refractivity contribution in [2.45, 2.75) is 38.3 Å². The Morgan fingerprint density at radius 1 is 1.50 bits per heavy atom. The van der Waals surface area contributed by atoms with Crippen LogP contribution in [0.15, 0.2) is 18.2 Å². The van der Waals surface area contributed by atoms with Crippen molar-refractivity contribution in [1.82, 2.24) is 14.9 Å². The predicted molar refractivity (Wildman–Crippen MR) is 79.6 cm³/mol. The number of anilines is 1. The fourth-order valence-electron chi connectivity index (χ4n) is 2.27. The molecule has 1 aliphatic rings. The summed E-state index contributed by atoms with van der Waals surface area (Å²) < 4.78 is 1.91. The smallest absolute Gasteiger partial charge is 0.220 e. The van der Waals surface area contributed by atoms with Gasteiger partial charge in [-0.05, 0) is 37.5 Å². The van der Waals surface area contributed by atoms with Crippen molar-refractivity contribution in [3.8, 4) is 0 Å². The van der Waals surface area contributed by atoms with Crippen LogP contribution in [0, 0.1) is 0 Å². The van der Waals surface area contributed by atoms with E-state index in [0.717, 1.165) is 30.3 Å². The van der Waals surface area contributed by atoms with E-state index >= 15 is 0 Å². The van der Waals surface area contributed by atoms with Crippen molar-refractivity contribution in [1.29, 1.82) is 0 Å². The van der Waals surface area contributed by atoms with Gasteiger partial charge in [-0.2, -0.15) is 0 Å². The van der Waals surface area contributed by atoms with Gasteiger partial charge in [0.15, 0.2) is 0 Å². The van der Waals surface area contributed by atoms with Crippen LogP contribution in [0.4, 0.5) is 5.95 Å². The fraction of sp³-hybridized carbons (Fsp3) is 0.429. The molecule has 20 heavy (non-hydrogen) atoms. The molecule has 3 N–H and O–H groups in total. The summed E-state index contributed by atoms with van der Waals surface area (Å²) in [7, 11) is 0. The number of nitrogens with two attached hydrogens (primary N) is 1. The maximum absolute atomic E-state index is 11.6. The molecule has 1 fully saturated rings. The second-order valence-corrected chi connectivity index (χ2v) is 5.64. The summed E-state index contributed by atoms with van der Waals surface area (Å²) in [4.78, 5) is 15.9. The minimum Gasteiger partial charge on any atom is -0.369 e. The Hall–Kier alpha value is -1.75. The standard InChI is InChI=1S/C14H17ClN4O/c15-9-3-6-11-12(8-9)19(14(16)18-11)7-1-2-13(20)17-10-4-5-10/h3,6,8,10H,1-2,4-5,7H2,(H2,16,18)(H,17,20). The van der Waals surface area contributed by atoms with Gasteiger partial charge in [0.25, 0.3) is 0 Å². The molecular weight excluding hydrogens is 276 g/mol. The van der Waals surface area contributed by atoms with E-state index in [1.165, 1.54) is 0 Å². The molecule has 1 saturated carbocycles. The molecule has 2 aromatic rings. The Kier molecular flexibility index (Phi) is 3.53. The van der Waals surface area contributed by atoms with Gasteiger partial charge in [0, 0.05) is 24.0 Å². The van der Waals surface area contributed by atoms with E-state index in [0.29, 0.717) is 30.0 Å². The first-order valence-electron chi connectivity index (χ1n) is 6.84. The van der Waals surface area contributed by atoms with Crippen molar-refractivity contribution in [3.63, 3.8) is 0 Å². The molecule has 1 aromatic heterocycles. The Labute approximate surface area is 122 Å². The molecule has 0 unspecified atom stereocenters. The lowest BCUT2D eigenvalue weighted by Crippen LogP contribution is -2.25. The van der Waals surface area contributed by atoms with Crippen LogP contribution in [0.25, 0.3) is 11.0 Å². The minimum absolute atomic E-state index is 0.119. The maximum Gasteiger partial charge on any atom is 0.220 e. The number of halogens is 1. The topological polar surface area (TPSA) is 72.9 Å². The zero-order valence-electron chi connectivity index (χ0n) is 11.1. The number of nitrogens with zero attached hydrogens (tertiary/aromatic N) is 2. The van der Waals surface area contributed by atoms with Crippen LogP contribution in [0.2, 0.25) is 5.02 Å². The largest absolute Gasteiger partial charge is 0.369 e. The number of nitrogens with one attached hydrogen (secondary N) is 1. The zero-order chi connectivity index (χ0) is 14.1. The van der Waals surface area contributed by atoms with Gasteiger partial charge in [0.2, 0.25) is 11.9 Å². The van der Waals surface area contributed by atoms with E-state index in [-0.39, 0.29) is 5.91 Å². The molecule has 3 rings (SSSR count). The third kappa shape index (κ3) is 2.88. The van der Waals surface area contributed by atoms with Gasteiger partial charge in [-0.25, -0.2) is 4.98 Å². The van der Waals surface area contributed by atoms with Gasteiger partial charge in [-0.3, -0.25) is 4.79 Å². The number of carbonyl (C=O) groups excluding carboxylic acids is 1. The van der Waals surface area contributed by atoms with Gasteiger partial charge >= 0.3 is 0 Å². The second kappa shape index (κ2) is 5.32. The van der Waals surface area contributed by atoms with Gasteiger partial charge < -0.3 is 15.6 Å². The van der Waals surface area contributed by atoms with E-state index in [1.54, 1.807) is 6.07 Å². The number of hydrogen-bond donors (Lipinski definition) is 2. The van der Waals surface area contributed by atoms with E-state index < -0.39 is 0 Å². The number of benzene rings is 1. The first-order valence-corrected chi connectivity index (χ1v) is 7.22. The van der Waals surface area contributed by atoms with Gasteiger partial charge in [0.05, 0.1) is 11.0 Å². The normalized spacial score (nSPS) is 14.7. The van der Waals surface area contributed by atoms with E-state index in [9.17, 15) is 4.79 Å². The number of nitrogen functional groups attached to an aromatic ring is 1. The number of aromatic nitrogens is 2. The Morgan fingerprint density at radius 2 is 2.30 bits per heavy atom. The van der Waals surface area contributed by atoms with Crippen LogP contribution in [-0.2, 0) is 11.3 Å². The summed E-state index contributed by atoms with van der Waals surface area (Å²) in [5.41, 5.74) is 7.66. The molecule has 5 nitrogen and oxygen atoms in total. The molecule has 6 heteroatoms. The SMILES string of the molecule is Nc1nc2ccc(Cl)cc2n1CCCC(=O)NC1CC1. The monoisotopic (exact) mass is 292 g/mol. The van der Waals surface area contributed by atoms with Gasteiger partial charge in [-0.15, -0.1) is 0 Å². The number of carbonyl (C=O) groups is 1. The van der Waals surface area contributed by atoms with Crippen LogP contribution < -0.4 is 11.1 Å². The molecule has 1 amide bonds. The zero-order valence-corrected chi connectivity index (χ0v) is 11.9. The minimum atomic E-state index is 0.119. The molecule has 0 radical (unpaired) electrons. The quantitative estimate of drug-likeness (QED) is 0.888. The van der Waals surface area contributed by atoms with Crippen molar-refractivity contribution >= 4 is 34.5 Å². The molecule has 0 aliphatic heterocycles. The van der Waals surface area contributed by atoms with Gasteiger partial charge in [0.1, 0.15) is 0 Å². The third-order valence-corrected chi connectivity index (χ3v) is 3.70. The summed E-state index contributed by atoms with van der Waals surface area (Å²) >= 11 is 6.00. The van der Waals surface area contributed by atoms with Crippen molar-refractivity contribution < 1.29 is 4.79 Å². The fourth-order valence-corrected chi connectivity index (χ4v) is 2.44. The van der Waals surface area contributed by atoms with E-state index in [4.69, 9.17) is 17.3 Å². The highest BCUT2D eigenvalue weighted by Gasteiger charge is 2.22. The molecule has 0 bridgehead atoms. The van der Waals surface area contributed by atoms with Crippen LogP contribution in [-0.4, -0.2) is 21.5 Å². The summed E-state index contributed by atoms with van der Waals surface area (Å²) in [5.74, 6) is 0.582. The molecule has 0 atom stereocenters. The third-order valence-electron chi connectivity index (χ3n) is 3.47. The number of imidazole rings is 1. The lowest BCUT2D eigenvalue weighted by Gasteiger charge is -2.07. The average Bonchev–Trinajstić information content (AvgIpc) is 3.15. The lowest BCUT2D eigenvalue weighted by molar-refractivity contribution is -0.121. The average molecular weight is 293 g/mol. The number of fused-ring (bicyclic) bond motifs is 1. The maximum atomic E-state index is 11.6. The summed E-state index contributed by atoms with van der Waals surface area (Å²) in [6.07, 6.45) is 3.48. The molecule has 0 spiro atoms. The first kappa shape index (κ1) is 13.2. The predicted octanol–water partition coefficient (Wildman–Crippen LogP) is 2.33. The number of aryl methyl sites for hydroxylation is 1. The molecule has 1 aliphatic carbocycles. The molecule has 0 saturated heterocycles. The molecule has 1 heterocycles. The molecule has 1 aromatic carbocycles. The highest BCUT2D eigenvalue weighted by molar-refractivity contribution is 6.31. The first-order chi connectivity index (χ1) is 9.63. The summed E-state index contributed by atoms with van der Waals surface area (Å²) in [5, 5.41) is 3.64. The lowest BCUT2D eigenvalue weighted by atomic mass is 10.2. The van der Waals surface area contributed by atoms with Crippen LogP contribution >= 0.6 is 11.6 Å².